The highest BCUT2D eigenvalue weighted by atomic mass is 127. The molecule has 1 aromatic carbocycles. The lowest BCUT2D eigenvalue weighted by molar-refractivity contribution is 0.487. The first-order valence-corrected chi connectivity index (χ1v) is 10.9. The minimum absolute atomic E-state index is 0. The van der Waals surface area contributed by atoms with Crippen LogP contribution < -0.4 is 5.30 Å². The van der Waals surface area contributed by atoms with E-state index in [1.54, 1.807) is 5.30 Å². The summed E-state index contributed by atoms with van der Waals surface area (Å²) in [5.74, 6) is 0. The second-order valence-corrected chi connectivity index (χ2v) is 10.4. The molecular weight excluding hydrogens is 385 g/mol. The van der Waals surface area contributed by atoms with Crippen LogP contribution in [0.4, 0.5) is 0 Å². The Morgan fingerprint density at radius 3 is 1.71 bits per heavy atom. The number of halogens is 1. The van der Waals surface area contributed by atoms with Gasteiger partial charge < -0.3 is 0 Å². The smallest absolute Gasteiger partial charge is 0.0207 e. The molecule has 0 unspecified atom stereocenters. The van der Waals surface area contributed by atoms with Gasteiger partial charge in [0.15, 0.2) is 0 Å². The molecule has 3 radical (unpaired) electrons. The van der Waals surface area contributed by atoms with Crippen molar-refractivity contribution in [3.63, 3.8) is 0 Å². The van der Waals surface area contributed by atoms with Crippen LogP contribution >= 0.6 is 30.5 Å². The maximum Gasteiger partial charge on any atom is 0.0207 e. The van der Waals surface area contributed by atoms with Gasteiger partial charge in [-0.25, -0.2) is 0 Å². The van der Waals surface area contributed by atoms with E-state index in [0.29, 0.717) is 0 Å². The van der Waals surface area contributed by atoms with Crippen LogP contribution in [0.3, 0.4) is 0 Å². The van der Waals surface area contributed by atoms with Gasteiger partial charge in [-0.1, -0.05) is 64.6 Å². The molecule has 0 heterocycles. The summed E-state index contributed by atoms with van der Waals surface area (Å²) in [6.45, 7) is 0. The molecule has 2 aliphatic carbocycles. The molecular formula is C18H26BIP. The Kier molecular flexibility index (Phi) is 7.55. The number of rotatable bonds is 3. The predicted molar refractivity (Wildman–Crippen MR) is 105 cm³/mol. The Balaban J connectivity index is 0.00000161. The molecule has 0 aromatic heterocycles. The summed E-state index contributed by atoms with van der Waals surface area (Å²) in [4.78, 5) is 0. The summed E-state index contributed by atoms with van der Waals surface area (Å²) in [5, 5.41) is 1.74. The van der Waals surface area contributed by atoms with Crippen LogP contribution in [0.25, 0.3) is 0 Å². The van der Waals surface area contributed by atoms with Crippen molar-refractivity contribution in [3.05, 3.63) is 27.8 Å². The lowest BCUT2D eigenvalue weighted by Crippen LogP contribution is -2.27. The van der Waals surface area contributed by atoms with E-state index in [0.717, 1.165) is 11.3 Å². The summed E-state index contributed by atoms with van der Waals surface area (Å²) in [6.07, 6.45) is 14.9. The quantitative estimate of drug-likeness (QED) is 0.341. The molecule has 2 fully saturated rings. The molecule has 0 bridgehead atoms. The standard InChI is InChI=1S/C18H26IP.B/c19-17-13-7-8-14-18(17)20(15-9-3-1-4-10-15)16-11-5-2-6-12-16;/h7-8,13-16H,1-6,9-12H2;. The van der Waals surface area contributed by atoms with Gasteiger partial charge in [0.25, 0.3) is 0 Å². The zero-order valence-corrected chi connectivity index (χ0v) is 16.0. The average molecular weight is 411 g/mol. The topological polar surface area (TPSA) is 0 Å². The minimum Gasteiger partial charge on any atom is -0.0678 e. The highest BCUT2D eigenvalue weighted by molar-refractivity contribution is 14.1. The molecule has 1 aromatic rings. The van der Waals surface area contributed by atoms with Gasteiger partial charge in [-0.2, -0.15) is 0 Å². The third-order valence-corrected chi connectivity index (χ3v) is 9.99. The van der Waals surface area contributed by atoms with Crippen molar-refractivity contribution in [2.75, 3.05) is 0 Å². The highest BCUT2D eigenvalue weighted by Crippen LogP contribution is 2.55. The molecule has 0 atom stereocenters. The zero-order valence-electron chi connectivity index (χ0n) is 12.9. The van der Waals surface area contributed by atoms with E-state index < -0.39 is 0 Å². The molecule has 3 heteroatoms. The van der Waals surface area contributed by atoms with E-state index in [2.05, 4.69) is 46.9 Å². The van der Waals surface area contributed by atoms with Crippen LogP contribution in [0.15, 0.2) is 24.3 Å². The van der Waals surface area contributed by atoms with Crippen molar-refractivity contribution in [3.8, 4) is 0 Å². The molecule has 0 amide bonds. The Morgan fingerprint density at radius 2 is 1.24 bits per heavy atom. The highest BCUT2D eigenvalue weighted by Gasteiger charge is 2.32. The molecule has 0 saturated heterocycles. The van der Waals surface area contributed by atoms with E-state index in [1.807, 2.05) is 0 Å². The minimum atomic E-state index is 0. The van der Waals surface area contributed by atoms with Crippen molar-refractivity contribution >= 4 is 44.2 Å². The molecule has 3 rings (SSSR count). The van der Waals surface area contributed by atoms with E-state index in [9.17, 15) is 0 Å². The lowest BCUT2D eigenvalue weighted by Gasteiger charge is -2.39. The van der Waals surface area contributed by atoms with Crippen molar-refractivity contribution < 1.29 is 0 Å². The Morgan fingerprint density at radius 1 is 0.762 bits per heavy atom. The maximum atomic E-state index is 2.58. The van der Waals surface area contributed by atoms with Gasteiger partial charge in [-0.15, -0.1) is 0 Å². The van der Waals surface area contributed by atoms with Gasteiger partial charge >= 0.3 is 0 Å². The third kappa shape index (κ3) is 4.47. The largest absolute Gasteiger partial charge is 0.0678 e. The first kappa shape index (κ1) is 17.8. The Bertz CT molecular complexity index is 407. The monoisotopic (exact) mass is 411 g/mol. The van der Waals surface area contributed by atoms with Crippen LogP contribution in [0.1, 0.15) is 64.2 Å². The Hall–Kier alpha value is 0.445. The van der Waals surface area contributed by atoms with E-state index in [-0.39, 0.29) is 16.3 Å². The zero-order chi connectivity index (χ0) is 13.8. The molecule has 21 heavy (non-hydrogen) atoms. The molecule has 2 saturated carbocycles. The number of benzene rings is 1. The van der Waals surface area contributed by atoms with Crippen LogP contribution in [0.2, 0.25) is 0 Å². The molecule has 0 N–H and O–H groups in total. The van der Waals surface area contributed by atoms with Crippen molar-refractivity contribution in [2.24, 2.45) is 0 Å². The molecule has 2 aliphatic rings. The summed E-state index contributed by atoms with van der Waals surface area (Å²) in [6, 6.07) is 9.27. The molecule has 0 spiro atoms. The molecule has 0 aliphatic heterocycles. The molecule has 0 nitrogen and oxygen atoms in total. The van der Waals surface area contributed by atoms with E-state index >= 15 is 0 Å². The first-order chi connectivity index (χ1) is 9.86. The second-order valence-electron chi connectivity index (χ2n) is 6.44. The van der Waals surface area contributed by atoms with Gasteiger partial charge in [0.05, 0.1) is 0 Å². The number of hydrogen-bond donors (Lipinski definition) is 0. The fourth-order valence-electron chi connectivity index (χ4n) is 4.07. The van der Waals surface area contributed by atoms with E-state index in [1.165, 1.54) is 67.8 Å². The normalized spacial score (nSPS) is 21.2. The first-order valence-electron chi connectivity index (χ1n) is 8.39. The van der Waals surface area contributed by atoms with Crippen LogP contribution in [0.5, 0.6) is 0 Å². The fourth-order valence-corrected chi connectivity index (χ4v) is 9.10. The third-order valence-electron chi connectivity index (χ3n) is 5.07. The number of hydrogen-bond acceptors (Lipinski definition) is 0. The van der Waals surface area contributed by atoms with Crippen LogP contribution in [0, 0.1) is 3.57 Å². The lowest BCUT2D eigenvalue weighted by atomic mass is 9.99. The van der Waals surface area contributed by atoms with Crippen molar-refractivity contribution in [1.29, 1.82) is 0 Å². The van der Waals surface area contributed by atoms with E-state index in [4.69, 9.17) is 0 Å². The summed E-state index contributed by atoms with van der Waals surface area (Å²) >= 11 is 2.58. The average Bonchev–Trinajstić information content (AvgIpc) is 2.52. The predicted octanol–water partition coefficient (Wildman–Crippen LogP) is 5.68. The fraction of sp³-hybridized carbons (Fsp3) is 0.667. The van der Waals surface area contributed by atoms with Gasteiger partial charge in [-0.05, 0) is 71.0 Å². The summed E-state index contributed by atoms with van der Waals surface area (Å²) < 4.78 is 1.53. The Labute approximate surface area is 147 Å². The van der Waals surface area contributed by atoms with Crippen molar-refractivity contribution in [2.45, 2.75) is 75.5 Å². The van der Waals surface area contributed by atoms with Gasteiger partial charge in [0.1, 0.15) is 0 Å². The van der Waals surface area contributed by atoms with Gasteiger partial charge in [0.2, 0.25) is 0 Å². The van der Waals surface area contributed by atoms with Crippen molar-refractivity contribution in [1.82, 2.24) is 0 Å². The van der Waals surface area contributed by atoms with Crippen LogP contribution in [-0.4, -0.2) is 19.7 Å². The van der Waals surface area contributed by atoms with Gasteiger partial charge in [-0.3, -0.25) is 0 Å². The summed E-state index contributed by atoms with van der Waals surface area (Å²) in [5.41, 5.74) is 2.05. The maximum absolute atomic E-state index is 2.58. The SMILES string of the molecule is Ic1ccccc1P(C1CCCCC1)C1CCCCC1.[B]. The van der Waals surface area contributed by atoms with Gasteiger partial charge in [0, 0.05) is 12.0 Å². The van der Waals surface area contributed by atoms with Crippen LogP contribution in [-0.2, 0) is 0 Å². The summed E-state index contributed by atoms with van der Waals surface area (Å²) in [7, 11) is 0.0796. The molecule has 113 valence electrons. The second kappa shape index (κ2) is 8.92.